The van der Waals surface area contributed by atoms with Gasteiger partial charge in [0.25, 0.3) is 0 Å². The Labute approximate surface area is 245 Å². The summed E-state index contributed by atoms with van der Waals surface area (Å²) in [6.07, 6.45) is 4.20. The van der Waals surface area contributed by atoms with E-state index in [0.717, 1.165) is 41.5 Å². The first-order chi connectivity index (χ1) is 19.0. The molecule has 0 atom stereocenters. The molecule has 0 amide bonds. The number of hydrogen-bond donors (Lipinski definition) is 2. The second-order valence-electron chi connectivity index (χ2n) is 11.9. The third-order valence-electron chi connectivity index (χ3n) is 8.44. The van der Waals surface area contributed by atoms with E-state index in [1.54, 1.807) is 33.8 Å². The molecule has 1 saturated carbocycles. The van der Waals surface area contributed by atoms with Gasteiger partial charge in [-0.25, -0.2) is 14.0 Å². The third-order valence-corrected chi connectivity index (χ3v) is 9.02. The van der Waals surface area contributed by atoms with Crippen LogP contribution in [0.5, 0.6) is 0 Å². The Hall–Kier alpha value is -3.32. The maximum absolute atomic E-state index is 14.3. The summed E-state index contributed by atoms with van der Waals surface area (Å²) in [6, 6.07) is 3.61. The van der Waals surface area contributed by atoms with Gasteiger partial charge in [-0.1, -0.05) is 30.2 Å². The topological polar surface area (TPSA) is 93.1 Å². The van der Waals surface area contributed by atoms with Gasteiger partial charge in [0, 0.05) is 10.6 Å². The maximum Gasteiger partial charge on any atom is 0.343 e. The Balaban J connectivity index is 0.000000191. The van der Waals surface area contributed by atoms with Crippen LogP contribution in [-0.2, 0) is 19.1 Å². The lowest BCUT2D eigenvalue weighted by atomic mass is 9.81. The standard InChI is InChI=1S/C18H21FO3.C15H17ClO3/c1-10-9-11(2)15(19)12(3)13(10)14-16(20)18(22-17(14)21)7-5-4-6-8-18;1-7-6-8(2)12(16)9(3)10(7)11-13(17)15(4,5)19-14(11)18/h9,20H,4-8H2,1-3H3;6,17H,1-5H3. The molecule has 8 heteroatoms. The monoisotopic (exact) mass is 584 g/mol. The molecule has 0 unspecified atom stereocenters. The zero-order valence-corrected chi connectivity index (χ0v) is 25.7. The number of benzene rings is 2. The molecule has 0 saturated heterocycles. The van der Waals surface area contributed by atoms with Gasteiger partial charge in [0.05, 0.1) is 0 Å². The minimum atomic E-state index is -0.983. The first-order valence-electron chi connectivity index (χ1n) is 13.9. The first kappa shape index (κ1) is 30.6. The summed E-state index contributed by atoms with van der Waals surface area (Å²) in [6.45, 7) is 14.1. The van der Waals surface area contributed by atoms with Crippen LogP contribution in [0, 0.1) is 47.4 Å². The van der Waals surface area contributed by atoms with Crippen LogP contribution >= 0.6 is 11.6 Å². The molecular formula is C33H38ClFO6. The lowest BCUT2D eigenvalue weighted by molar-refractivity contribution is -0.149. The zero-order chi connectivity index (χ0) is 30.6. The first-order valence-corrected chi connectivity index (χ1v) is 14.3. The number of aryl methyl sites for hydroxylation is 4. The summed E-state index contributed by atoms with van der Waals surface area (Å²) in [5, 5.41) is 21.6. The Morgan fingerprint density at radius 2 is 1.22 bits per heavy atom. The van der Waals surface area contributed by atoms with Gasteiger partial charge in [0.15, 0.2) is 22.7 Å². The van der Waals surface area contributed by atoms with E-state index in [1.807, 2.05) is 33.8 Å². The Morgan fingerprint density at radius 1 is 0.732 bits per heavy atom. The molecule has 0 bridgehead atoms. The van der Waals surface area contributed by atoms with Gasteiger partial charge < -0.3 is 19.7 Å². The van der Waals surface area contributed by atoms with Crippen molar-refractivity contribution in [2.45, 2.75) is 98.7 Å². The molecule has 2 heterocycles. The fourth-order valence-corrected chi connectivity index (χ4v) is 6.47. The van der Waals surface area contributed by atoms with Crippen molar-refractivity contribution < 1.29 is 33.7 Å². The number of rotatable bonds is 2. The Bertz CT molecular complexity index is 1530. The van der Waals surface area contributed by atoms with Crippen LogP contribution in [0.1, 0.15) is 90.5 Å². The van der Waals surface area contributed by atoms with Gasteiger partial charge in [0.1, 0.15) is 17.0 Å². The number of aliphatic hydroxyl groups excluding tert-OH is 2. The SMILES string of the molecule is Cc1cc(C)c(C2=C(O)C(C)(C)OC2=O)c(C)c1Cl.Cc1cc(C)c(C2=C(O)C3(CCCCC3)OC2=O)c(C)c1F. The lowest BCUT2D eigenvalue weighted by Crippen LogP contribution is -2.34. The molecule has 220 valence electrons. The van der Waals surface area contributed by atoms with Crippen molar-refractivity contribution in [1.82, 2.24) is 0 Å². The molecule has 1 fully saturated rings. The van der Waals surface area contributed by atoms with Crippen molar-refractivity contribution >= 4 is 34.7 Å². The van der Waals surface area contributed by atoms with Crippen molar-refractivity contribution in [3.63, 3.8) is 0 Å². The quantitative estimate of drug-likeness (QED) is 0.346. The van der Waals surface area contributed by atoms with Crippen LogP contribution in [0.4, 0.5) is 4.39 Å². The molecule has 0 radical (unpaired) electrons. The number of aliphatic hydroxyl groups is 2. The molecule has 2 aromatic carbocycles. The summed E-state index contributed by atoms with van der Waals surface area (Å²) < 4.78 is 25.0. The summed E-state index contributed by atoms with van der Waals surface area (Å²) in [5.41, 5.74) is 4.00. The number of halogens is 2. The van der Waals surface area contributed by atoms with Gasteiger partial charge in [-0.15, -0.1) is 0 Å². The van der Waals surface area contributed by atoms with Gasteiger partial charge in [-0.05, 0) is 120 Å². The molecule has 5 rings (SSSR count). The second-order valence-corrected chi connectivity index (χ2v) is 12.3. The predicted octanol–water partition coefficient (Wildman–Crippen LogP) is 8.15. The summed E-state index contributed by atoms with van der Waals surface area (Å²) in [5.74, 6) is -1.42. The molecule has 2 aliphatic heterocycles. The molecule has 2 N–H and O–H groups in total. The van der Waals surface area contributed by atoms with Crippen molar-refractivity contribution in [2.75, 3.05) is 0 Å². The van der Waals surface area contributed by atoms with E-state index in [2.05, 4.69) is 0 Å². The van der Waals surface area contributed by atoms with Crippen LogP contribution in [0.3, 0.4) is 0 Å². The van der Waals surface area contributed by atoms with Gasteiger partial charge in [0.2, 0.25) is 0 Å². The number of carbonyl (C=O) groups is 2. The minimum Gasteiger partial charge on any atom is -0.507 e. The molecule has 2 aromatic rings. The molecule has 1 spiro atoms. The molecule has 6 nitrogen and oxygen atoms in total. The van der Waals surface area contributed by atoms with E-state index in [-0.39, 0.29) is 28.5 Å². The van der Waals surface area contributed by atoms with E-state index in [4.69, 9.17) is 21.1 Å². The number of hydrogen-bond acceptors (Lipinski definition) is 6. The Kier molecular flexibility index (Phi) is 8.09. The molecule has 0 aromatic heterocycles. The number of cyclic esters (lactones) is 1. The molecule has 3 aliphatic rings. The highest BCUT2D eigenvalue weighted by Crippen LogP contribution is 2.46. The number of esters is 2. The van der Waals surface area contributed by atoms with Crippen LogP contribution in [0.25, 0.3) is 11.1 Å². The van der Waals surface area contributed by atoms with Crippen molar-refractivity contribution in [3.8, 4) is 0 Å². The van der Waals surface area contributed by atoms with Gasteiger partial charge >= 0.3 is 11.9 Å². The van der Waals surface area contributed by atoms with Crippen LogP contribution < -0.4 is 0 Å². The molecule has 1 aliphatic carbocycles. The van der Waals surface area contributed by atoms with E-state index in [1.165, 1.54) is 0 Å². The van der Waals surface area contributed by atoms with E-state index in [0.29, 0.717) is 40.1 Å². The summed E-state index contributed by atoms with van der Waals surface area (Å²) in [4.78, 5) is 24.4. The molecular weight excluding hydrogens is 547 g/mol. The fourth-order valence-electron chi connectivity index (χ4n) is 6.33. The lowest BCUT2D eigenvalue weighted by Gasteiger charge is -2.31. The largest absolute Gasteiger partial charge is 0.507 e. The van der Waals surface area contributed by atoms with Gasteiger partial charge in [-0.3, -0.25) is 0 Å². The van der Waals surface area contributed by atoms with Gasteiger partial charge in [-0.2, -0.15) is 0 Å². The minimum absolute atomic E-state index is 0.00773. The van der Waals surface area contributed by atoms with E-state index in [9.17, 15) is 24.2 Å². The van der Waals surface area contributed by atoms with Crippen molar-refractivity contribution in [3.05, 3.63) is 79.0 Å². The van der Waals surface area contributed by atoms with Crippen LogP contribution in [0.15, 0.2) is 23.7 Å². The average molecular weight is 585 g/mol. The fraction of sp³-hybridized carbons (Fsp3) is 0.455. The summed E-state index contributed by atoms with van der Waals surface area (Å²) in [7, 11) is 0. The highest BCUT2D eigenvalue weighted by atomic mass is 35.5. The predicted molar refractivity (Wildman–Crippen MR) is 157 cm³/mol. The second kappa shape index (κ2) is 10.8. The highest BCUT2D eigenvalue weighted by Gasteiger charge is 2.49. The van der Waals surface area contributed by atoms with Crippen molar-refractivity contribution in [1.29, 1.82) is 0 Å². The normalized spacial score (nSPS) is 19.4. The maximum atomic E-state index is 14.3. The number of ether oxygens (including phenoxy) is 2. The third kappa shape index (κ3) is 5.14. The summed E-state index contributed by atoms with van der Waals surface area (Å²) >= 11 is 6.24. The zero-order valence-electron chi connectivity index (χ0n) is 25.0. The Morgan fingerprint density at radius 3 is 1.76 bits per heavy atom. The molecule has 41 heavy (non-hydrogen) atoms. The van der Waals surface area contributed by atoms with E-state index >= 15 is 0 Å². The van der Waals surface area contributed by atoms with E-state index < -0.39 is 23.1 Å². The smallest absolute Gasteiger partial charge is 0.343 e. The van der Waals surface area contributed by atoms with Crippen LogP contribution in [0.2, 0.25) is 5.02 Å². The van der Waals surface area contributed by atoms with Crippen LogP contribution in [-0.4, -0.2) is 33.4 Å². The highest BCUT2D eigenvalue weighted by molar-refractivity contribution is 6.33. The average Bonchev–Trinajstić information content (AvgIpc) is 3.24. The number of carbonyl (C=O) groups excluding carboxylic acids is 2. The van der Waals surface area contributed by atoms with Crippen molar-refractivity contribution in [2.24, 2.45) is 0 Å².